The lowest BCUT2D eigenvalue weighted by atomic mass is 9.98. The normalized spacial score (nSPS) is 20.0. The zero-order chi connectivity index (χ0) is 25.8. The number of aliphatic hydroxyl groups excluding tert-OH is 1. The third kappa shape index (κ3) is 5.80. The standard InChI is InChI=1S/C24H35ClN8O3/c1-3-17-13-32(22-24(36)29-20(21(26)30-22)23(35)27-2)8-9-33(17)18-4-6-31(7-5-18)12-15-10-16(14-34)28-19(25)11-15/h10-11,17-18,34H,3-9,12-14H2,1-2H3,(H2,26,30)(H,27,35)(H,29,36). The lowest BCUT2D eigenvalue weighted by Crippen LogP contribution is -2.59. The Balaban J connectivity index is 1.37. The van der Waals surface area contributed by atoms with Crippen LogP contribution in [0.25, 0.3) is 0 Å². The number of aromatic amines is 1. The minimum Gasteiger partial charge on any atom is -0.390 e. The number of carbonyl (C=O) groups is 1. The average Bonchev–Trinajstić information content (AvgIpc) is 2.89. The molecule has 0 spiro atoms. The van der Waals surface area contributed by atoms with Crippen LogP contribution in [-0.2, 0) is 13.2 Å². The van der Waals surface area contributed by atoms with Gasteiger partial charge in [0, 0.05) is 45.3 Å². The minimum atomic E-state index is -0.466. The Morgan fingerprint density at radius 3 is 2.67 bits per heavy atom. The number of anilines is 2. The van der Waals surface area contributed by atoms with E-state index in [0.717, 1.165) is 51.0 Å². The number of pyridine rings is 1. The van der Waals surface area contributed by atoms with E-state index in [4.69, 9.17) is 17.3 Å². The first-order valence-electron chi connectivity index (χ1n) is 12.4. The number of aromatic nitrogens is 3. The van der Waals surface area contributed by atoms with Crippen LogP contribution in [0.3, 0.4) is 0 Å². The second-order valence-corrected chi connectivity index (χ2v) is 9.82. The smallest absolute Gasteiger partial charge is 0.291 e. The summed E-state index contributed by atoms with van der Waals surface area (Å²) in [5.41, 5.74) is 7.22. The maximum atomic E-state index is 12.7. The van der Waals surface area contributed by atoms with Crippen molar-refractivity contribution in [2.75, 3.05) is 50.4 Å². The number of amides is 1. The van der Waals surface area contributed by atoms with Crippen molar-refractivity contribution in [1.29, 1.82) is 0 Å². The zero-order valence-electron chi connectivity index (χ0n) is 20.8. The summed E-state index contributed by atoms with van der Waals surface area (Å²) in [6.45, 7) is 6.99. The number of nitrogens with two attached hydrogens (primary N) is 1. The van der Waals surface area contributed by atoms with Crippen LogP contribution in [0, 0.1) is 0 Å². The van der Waals surface area contributed by atoms with Gasteiger partial charge in [-0.2, -0.15) is 0 Å². The first-order valence-corrected chi connectivity index (χ1v) is 12.8. The van der Waals surface area contributed by atoms with Crippen LogP contribution in [0.2, 0.25) is 5.15 Å². The average molecular weight is 519 g/mol. The summed E-state index contributed by atoms with van der Waals surface area (Å²) in [4.78, 5) is 42.6. The quantitative estimate of drug-likeness (QED) is 0.391. The fraction of sp³-hybridized carbons (Fsp3) is 0.583. The first kappa shape index (κ1) is 26.3. The van der Waals surface area contributed by atoms with Gasteiger partial charge in [0.05, 0.1) is 12.3 Å². The number of halogens is 1. The van der Waals surface area contributed by atoms with E-state index < -0.39 is 11.5 Å². The van der Waals surface area contributed by atoms with E-state index in [0.29, 0.717) is 36.0 Å². The van der Waals surface area contributed by atoms with Gasteiger partial charge in [0.15, 0.2) is 11.6 Å². The molecule has 2 saturated heterocycles. The number of nitrogen functional groups attached to an aromatic ring is 1. The monoisotopic (exact) mass is 518 g/mol. The fourth-order valence-electron chi connectivity index (χ4n) is 5.32. The molecule has 0 aliphatic carbocycles. The zero-order valence-corrected chi connectivity index (χ0v) is 21.6. The van der Waals surface area contributed by atoms with Gasteiger partial charge in [-0.05, 0) is 50.0 Å². The number of carbonyl (C=O) groups excluding carboxylic acids is 1. The van der Waals surface area contributed by atoms with Crippen molar-refractivity contribution in [3.05, 3.63) is 44.6 Å². The van der Waals surface area contributed by atoms with Gasteiger partial charge in [0.2, 0.25) is 0 Å². The molecule has 1 amide bonds. The molecule has 2 aromatic rings. The van der Waals surface area contributed by atoms with Crippen LogP contribution in [0.4, 0.5) is 11.6 Å². The van der Waals surface area contributed by atoms with Gasteiger partial charge in [0.25, 0.3) is 11.5 Å². The van der Waals surface area contributed by atoms with Crippen molar-refractivity contribution >= 4 is 29.1 Å². The SMILES string of the molecule is CCC1CN(c2nc(N)c(C(=O)NC)[nH]c2=O)CCN1C1CCN(Cc2cc(Cl)nc(CO)c2)CC1. The highest BCUT2D eigenvalue weighted by atomic mass is 35.5. The van der Waals surface area contributed by atoms with E-state index in [1.807, 2.05) is 17.0 Å². The molecule has 1 atom stereocenters. The second kappa shape index (κ2) is 11.5. The number of hydrogen-bond donors (Lipinski definition) is 4. The van der Waals surface area contributed by atoms with Crippen molar-refractivity contribution in [3.63, 3.8) is 0 Å². The predicted octanol–water partition coefficient (Wildman–Crippen LogP) is 0.818. The van der Waals surface area contributed by atoms with Crippen molar-refractivity contribution in [2.45, 2.75) is 51.4 Å². The summed E-state index contributed by atoms with van der Waals surface area (Å²) in [6, 6.07) is 4.55. The Kier molecular flexibility index (Phi) is 8.45. The van der Waals surface area contributed by atoms with Crippen LogP contribution >= 0.6 is 11.6 Å². The summed E-state index contributed by atoms with van der Waals surface area (Å²) < 4.78 is 0. The highest BCUT2D eigenvalue weighted by molar-refractivity contribution is 6.29. The summed E-state index contributed by atoms with van der Waals surface area (Å²) in [5.74, 6) is -0.174. The maximum Gasteiger partial charge on any atom is 0.291 e. The molecule has 4 heterocycles. The van der Waals surface area contributed by atoms with E-state index in [2.05, 4.69) is 37.0 Å². The topological polar surface area (TPSA) is 144 Å². The molecule has 2 aromatic heterocycles. The molecule has 36 heavy (non-hydrogen) atoms. The van der Waals surface area contributed by atoms with Gasteiger partial charge in [0.1, 0.15) is 10.8 Å². The highest BCUT2D eigenvalue weighted by Gasteiger charge is 2.34. The fourth-order valence-corrected chi connectivity index (χ4v) is 5.57. The van der Waals surface area contributed by atoms with E-state index >= 15 is 0 Å². The molecule has 0 saturated carbocycles. The molecule has 1 unspecified atom stereocenters. The summed E-state index contributed by atoms with van der Waals surface area (Å²) in [7, 11) is 1.48. The number of H-pyrrole nitrogens is 1. The summed E-state index contributed by atoms with van der Waals surface area (Å²) in [5, 5.41) is 12.3. The number of piperidine rings is 1. The van der Waals surface area contributed by atoms with Crippen LogP contribution in [-0.4, -0.2) is 87.6 Å². The van der Waals surface area contributed by atoms with E-state index in [9.17, 15) is 14.7 Å². The van der Waals surface area contributed by atoms with Crippen molar-refractivity contribution in [2.24, 2.45) is 0 Å². The maximum absolute atomic E-state index is 12.7. The van der Waals surface area contributed by atoms with Gasteiger partial charge in [-0.3, -0.25) is 19.4 Å². The summed E-state index contributed by atoms with van der Waals surface area (Å²) in [6.07, 6.45) is 3.09. The van der Waals surface area contributed by atoms with Gasteiger partial charge in [-0.1, -0.05) is 18.5 Å². The number of piperazine rings is 1. The summed E-state index contributed by atoms with van der Waals surface area (Å²) >= 11 is 6.10. The van der Waals surface area contributed by atoms with E-state index in [-0.39, 0.29) is 23.9 Å². The Hall–Kier alpha value is -2.73. The molecule has 196 valence electrons. The largest absolute Gasteiger partial charge is 0.390 e. The molecule has 12 heteroatoms. The second-order valence-electron chi connectivity index (χ2n) is 9.43. The first-order chi connectivity index (χ1) is 17.3. The Morgan fingerprint density at radius 1 is 1.25 bits per heavy atom. The van der Waals surface area contributed by atoms with Crippen LogP contribution in [0.15, 0.2) is 16.9 Å². The third-order valence-corrected chi connectivity index (χ3v) is 7.37. The lowest BCUT2D eigenvalue weighted by Gasteiger charge is -2.47. The Bertz CT molecular complexity index is 1130. The number of likely N-dealkylation sites (tertiary alicyclic amines) is 1. The van der Waals surface area contributed by atoms with E-state index in [1.54, 1.807) is 0 Å². The number of aliphatic hydroxyl groups is 1. The molecular weight excluding hydrogens is 484 g/mol. The minimum absolute atomic E-state index is 0.00897. The highest BCUT2D eigenvalue weighted by Crippen LogP contribution is 2.26. The van der Waals surface area contributed by atoms with Gasteiger partial charge in [-0.25, -0.2) is 9.97 Å². The number of nitrogens with one attached hydrogen (secondary N) is 2. The lowest BCUT2D eigenvalue weighted by molar-refractivity contribution is 0.0610. The predicted molar refractivity (Wildman–Crippen MR) is 139 cm³/mol. The molecule has 2 aliphatic rings. The molecular formula is C24H35ClN8O3. The number of rotatable bonds is 7. The molecule has 2 fully saturated rings. The van der Waals surface area contributed by atoms with E-state index in [1.165, 1.54) is 7.05 Å². The van der Waals surface area contributed by atoms with Gasteiger partial charge >= 0.3 is 0 Å². The van der Waals surface area contributed by atoms with Gasteiger partial charge in [-0.15, -0.1) is 0 Å². The van der Waals surface area contributed by atoms with Crippen LogP contribution in [0.5, 0.6) is 0 Å². The molecule has 4 rings (SSSR count). The Morgan fingerprint density at radius 2 is 2.00 bits per heavy atom. The van der Waals surface area contributed by atoms with Crippen LogP contribution in [0.1, 0.15) is 47.9 Å². The molecule has 11 nitrogen and oxygen atoms in total. The van der Waals surface area contributed by atoms with Crippen molar-refractivity contribution < 1.29 is 9.90 Å². The number of nitrogens with zero attached hydrogens (tertiary/aromatic N) is 5. The third-order valence-electron chi connectivity index (χ3n) is 7.18. The Labute approximate surface area is 215 Å². The van der Waals surface area contributed by atoms with Crippen LogP contribution < -0.4 is 21.5 Å². The molecule has 2 aliphatic heterocycles. The van der Waals surface area contributed by atoms with Crippen molar-refractivity contribution in [3.8, 4) is 0 Å². The molecule has 0 radical (unpaired) electrons. The van der Waals surface area contributed by atoms with Crippen molar-refractivity contribution in [1.82, 2.24) is 30.1 Å². The molecule has 5 N–H and O–H groups in total. The molecule has 0 bridgehead atoms. The molecule has 0 aromatic carbocycles. The van der Waals surface area contributed by atoms with Gasteiger partial charge < -0.3 is 26.0 Å². The number of hydrogen-bond acceptors (Lipinski definition) is 9.